The maximum atomic E-state index is 12.3. The molecule has 0 radical (unpaired) electrons. The van der Waals surface area contributed by atoms with Crippen LogP contribution in [0.5, 0.6) is 0 Å². The van der Waals surface area contributed by atoms with Gasteiger partial charge in [0.15, 0.2) is 0 Å². The largest absolute Gasteiger partial charge is 0.482 e. The van der Waals surface area contributed by atoms with Gasteiger partial charge in [0.1, 0.15) is 6.61 Å². The molecule has 17 heavy (non-hydrogen) atoms. The monoisotopic (exact) mass is 243 g/mol. The van der Waals surface area contributed by atoms with Crippen LogP contribution < -0.4 is 0 Å². The standard InChI is InChI=1S/C11H11BF3O2/c13-12(14,15)10-6-9(10)11(16)17-7-8-4-2-1-3-5-8/h1-5,9-10H,6-7H2/q-1/t9-,10-/m0/s1. The summed E-state index contributed by atoms with van der Waals surface area (Å²) in [6.45, 7) is -4.87. The third-order valence-corrected chi connectivity index (χ3v) is 2.85. The normalized spacial score (nSPS) is 23.2. The smallest absolute Gasteiger partial charge is 0.461 e. The lowest BCUT2D eigenvalue weighted by atomic mass is 9.82. The van der Waals surface area contributed by atoms with Crippen LogP contribution in [0.15, 0.2) is 30.3 Å². The quantitative estimate of drug-likeness (QED) is 0.600. The first-order valence-electron chi connectivity index (χ1n) is 5.39. The van der Waals surface area contributed by atoms with Gasteiger partial charge in [-0.15, -0.1) is 0 Å². The topological polar surface area (TPSA) is 26.3 Å². The molecular weight excluding hydrogens is 232 g/mol. The molecule has 0 heterocycles. The van der Waals surface area contributed by atoms with Crippen molar-refractivity contribution in [1.82, 2.24) is 0 Å². The van der Waals surface area contributed by atoms with Crippen LogP contribution in [0.1, 0.15) is 12.0 Å². The lowest BCUT2D eigenvalue weighted by Gasteiger charge is -2.12. The first kappa shape index (κ1) is 12.0. The third-order valence-electron chi connectivity index (χ3n) is 2.85. The van der Waals surface area contributed by atoms with Gasteiger partial charge in [-0.1, -0.05) is 42.6 Å². The molecule has 92 valence electrons. The Labute approximate surface area is 96.8 Å². The second-order valence-electron chi connectivity index (χ2n) is 4.22. The average molecular weight is 243 g/mol. The van der Waals surface area contributed by atoms with Crippen molar-refractivity contribution in [3.8, 4) is 0 Å². The molecule has 1 aromatic rings. The van der Waals surface area contributed by atoms with Crippen molar-refractivity contribution in [3.05, 3.63) is 35.9 Å². The Kier molecular flexibility index (Phi) is 3.13. The highest BCUT2D eigenvalue weighted by molar-refractivity contribution is 6.61. The van der Waals surface area contributed by atoms with E-state index in [0.29, 0.717) is 0 Å². The van der Waals surface area contributed by atoms with Crippen molar-refractivity contribution in [1.29, 1.82) is 0 Å². The van der Waals surface area contributed by atoms with Crippen LogP contribution in [-0.4, -0.2) is 12.9 Å². The number of hydrogen-bond donors (Lipinski definition) is 0. The summed E-state index contributed by atoms with van der Waals surface area (Å²) < 4.78 is 41.7. The molecule has 0 amide bonds. The van der Waals surface area contributed by atoms with Gasteiger partial charge in [-0.25, -0.2) is 0 Å². The molecule has 0 aliphatic heterocycles. The van der Waals surface area contributed by atoms with Gasteiger partial charge in [0.2, 0.25) is 0 Å². The minimum absolute atomic E-state index is 0.0355. The fourth-order valence-corrected chi connectivity index (χ4v) is 1.74. The van der Waals surface area contributed by atoms with Crippen LogP contribution in [0.25, 0.3) is 0 Å². The molecule has 0 aromatic heterocycles. The van der Waals surface area contributed by atoms with E-state index in [9.17, 15) is 17.7 Å². The van der Waals surface area contributed by atoms with Crippen molar-refractivity contribution >= 4 is 12.9 Å². The van der Waals surface area contributed by atoms with Gasteiger partial charge in [0.05, 0.1) is 0 Å². The van der Waals surface area contributed by atoms with Gasteiger partial charge in [-0.2, -0.15) is 0 Å². The highest BCUT2D eigenvalue weighted by atomic mass is 19.4. The summed E-state index contributed by atoms with van der Waals surface area (Å²) in [5.74, 6) is -3.16. The van der Waals surface area contributed by atoms with Gasteiger partial charge in [0, 0.05) is 5.92 Å². The number of benzene rings is 1. The number of carbonyl (C=O) groups is 1. The minimum Gasteiger partial charge on any atom is -0.461 e. The molecule has 0 N–H and O–H groups in total. The molecule has 0 bridgehead atoms. The predicted molar refractivity (Wildman–Crippen MR) is 57.2 cm³/mol. The first-order valence-corrected chi connectivity index (χ1v) is 5.39. The zero-order chi connectivity index (χ0) is 12.5. The van der Waals surface area contributed by atoms with Crippen molar-refractivity contribution in [3.63, 3.8) is 0 Å². The Bertz CT molecular complexity index is 405. The van der Waals surface area contributed by atoms with Crippen molar-refractivity contribution < 1.29 is 22.5 Å². The number of halogens is 3. The van der Waals surface area contributed by atoms with Gasteiger partial charge >= 0.3 is 12.9 Å². The van der Waals surface area contributed by atoms with Crippen LogP contribution in [-0.2, 0) is 16.1 Å². The van der Waals surface area contributed by atoms with Gasteiger partial charge in [0.25, 0.3) is 0 Å². The molecule has 0 unspecified atom stereocenters. The Morgan fingerprint density at radius 3 is 2.47 bits per heavy atom. The summed E-state index contributed by atoms with van der Waals surface area (Å²) >= 11 is 0. The molecule has 2 nitrogen and oxygen atoms in total. The lowest BCUT2D eigenvalue weighted by Crippen LogP contribution is -2.18. The zero-order valence-electron chi connectivity index (χ0n) is 8.98. The Morgan fingerprint density at radius 2 is 1.94 bits per heavy atom. The van der Waals surface area contributed by atoms with E-state index in [0.717, 1.165) is 5.56 Å². The summed E-state index contributed by atoms with van der Waals surface area (Å²) in [5, 5.41) is 0. The maximum Gasteiger partial charge on any atom is 0.482 e. The fourth-order valence-electron chi connectivity index (χ4n) is 1.74. The minimum atomic E-state index is -4.90. The second kappa shape index (κ2) is 4.43. The molecule has 0 spiro atoms. The summed E-state index contributed by atoms with van der Waals surface area (Å²) in [5.41, 5.74) is 0.774. The molecular formula is C11H11BF3O2-. The molecule has 1 aliphatic carbocycles. The average Bonchev–Trinajstić information content (AvgIpc) is 3.06. The zero-order valence-corrected chi connectivity index (χ0v) is 8.98. The molecule has 1 fully saturated rings. The number of hydrogen-bond acceptors (Lipinski definition) is 2. The van der Waals surface area contributed by atoms with E-state index in [2.05, 4.69) is 0 Å². The SMILES string of the molecule is O=C(OCc1ccccc1)[C@H]1C[C@@H]1[B-](F)(F)F. The highest BCUT2D eigenvalue weighted by Crippen LogP contribution is 2.53. The van der Waals surface area contributed by atoms with E-state index < -0.39 is 24.7 Å². The van der Waals surface area contributed by atoms with Gasteiger partial charge < -0.3 is 17.7 Å². The first-order chi connectivity index (χ1) is 7.98. The van der Waals surface area contributed by atoms with Crippen molar-refractivity contribution in [2.24, 2.45) is 5.92 Å². The number of rotatable bonds is 4. The number of carbonyl (C=O) groups excluding carboxylic acids is 1. The van der Waals surface area contributed by atoms with Crippen molar-refractivity contribution in [2.75, 3.05) is 0 Å². The van der Waals surface area contributed by atoms with Crippen LogP contribution in [0, 0.1) is 5.92 Å². The van der Waals surface area contributed by atoms with Crippen LogP contribution in [0.2, 0.25) is 5.82 Å². The fraction of sp³-hybridized carbons (Fsp3) is 0.364. The molecule has 2 rings (SSSR count). The van der Waals surface area contributed by atoms with Crippen LogP contribution in [0.3, 0.4) is 0 Å². The van der Waals surface area contributed by atoms with E-state index in [-0.39, 0.29) is 13.0 Å². The third kappa shape index (κ3) is 3.02. The molecule has 6 heteroatoms. The van der Waals surface area contributed by atoms with E-state index in [1.165, 1.54) is 0 Å². The molecule has 1 saturated carbocycles. The van der Waals surface area contributed by atoms with E-state index in [1.807, 2.05) is 6.07 Å². The van der Waals surface area contributed by atoms with Crippen LogP contribution >= 0.6 is 0 Å². The Morgan fingerprint density at radius 1 is 1.29 bits per heavy atom. The van der Waals surface area contributed by atoms with E-state index >= 15 is 0 Å². The van der Waals surface area contributed by atoms with E-state index in [1.54, 1.807) is 24.3 Å². The Hall–Kier alpha value is -1.46. The second-order valence-corrected chi connectivity index (χ2v) is 4.22. The summed E-state index contributed by atoms with van der Waals surface area (Å²) in [6, 6.07) is 8.88. The lowest BCUT2D eigenvalue weighted by molar-refractivity contribution is -0.146. The summed E-state index contributed by atoms with van der Waals surface area (Å²) in [4.78, 5) is 11.3. The van der Waals surface area contributed by atoms with Gasteiger partial charge in [-0.3, -0.25) is 4.79 Å². The Balaban J connectivity index is 1.80. The van der Waals surface area contributed by atoms with Crippen LogP contribution in [0.4, 0.5) is 12.9 Å². The molecule has 1 aromatic carbocycles. The number of ether oxygens (including phenoxy) is 1. The maximum absolute atomic E-state index is 12.3. The van der Waals surface area contributed by atoms with E-state index in [4.69, 9.17) is 4.74 Å². The molecule has 1 aliphatic rings. The number of esters is 1. The molecule has 0 saturated heterocycles. The molecule has 2 atom stereocenters. The predicted octanol–water partition coefficient (Wildman–Crippen LogP) is 2.97. The van der Waals surface area contributed by atoms with Crippen molar-refractivity contribution in [2.45, 2.75) is 18.8 Å². The summed E-state index contributed by atoms with van der Waals surface area (Å²) in [6.07, 6.45) is -0.114. The van der Waals surface area contributed by atoms with Gasteiger partial charge in [-0.05, 0) is 5.56 Å². The summed E-state index contributed by atoms with van der Waals surface area (Å²) in [7, 11) is 0. The highest BCUT2D eigenvalue weighted by Gasteiger charge is 2.54.